The van der Waals surface area contributed by atoms with E-state index in [0.29, 0.717) is 22.0 Å². The van der Waals surface area contributed by atoms with E-state index in [4.69, 9.17) is 0 Å². The van der Waals surface area contributed by atoms with Crippen molar-refractivity contribution in [3.05, 3.63) is 56.9 Å². The first-order chi connectivity index (χ1) is 16.1. The molecule has 0 amide bonds. The lowest BCUT2D eigenvalue weighted by Crippen LogP contribution is -2.52. The van der Waals surface area contributed by atoms with Gasteiger partial charge in [-0.3, -0.25) is 9.59 Å². The Morgan fingerprint density at radius 3 is 2.38 bits per heavy atom. The molecule has 1 atom stereocenters. The Labute approximate surface area is 212 Å². The van der Waals surface area contributed by atoms with Gasteiger partial charge in [0.15, 0.2) is 11.6 Å². The Morgan fingerprint density at radius 1 is 1.06 bits per heavy atom. The molecule has 0 fully saturated rings. The molecule has 4 rings (SSSR count). The molecule has 0 radical (unpaired) electrons. The van der Waals surface area contributed by atoms with Crippen LogP contribution in [0.15, 0.2) is 45.7 Å². The SMILES string of the molecule is CCCCC1(CCCC)C(=O)C(C2=NS(=O)(=O)c3cc(I)ccc3N2)C(=O)c2cc(F)ccc21. The number of amidine groups is 1. The number of Topliss-reactive ketones (excluding diaryl/α,β-unsaturated/α-hetero) is 2. The zero-order chi connectivity index (χ0) is 24.7. The summed E-state index contributed by atoms with van der Waals surface area (Å²) in [5.41, 5.74) is -0.0688. The maximum Gasteiger partial charge on any atom is 0.286 e. The average molecular weight is 596 g/mol. The van der Waals surface area contributed by atoms with Crippen LogP contribution in [0.5, 0.6) is 0 Å². The number of rotatable bonds is 7. The zero-order valence-electron chi connectivity index (χ0n) is 19.0. The van der Waals surface area contributed by atoms with Gasteiger partial charge in [-0.15, -0.1) is 4.40 Å². The number of benzene rings is 2. The number of carbonyl (C=O) groups excluding carboxylic acids is 2. The van der Waals surface area contributed by atoms with E-state index in [0.717, 1.165) is 31.7 Å². The number of halogens is 2. The van der Waals surface area contributed by atoms with Gasteiger partial charge in [0.05, 0.1) is 11.1 Å². The van der Waals surface area contributed by atoms with E-state index in [2.05, 4.69) is 9.71 Å². The highest BCUT2D eigenvalue weighted by Crippen LogP contribution is 2.46. The fraction of sp³-hybridized carbons (Fsp3) is 0.400. The molecule has 9 heteroatoms. The molecule has 180 valence electrons. The molecule has 0 spiro atoms. The highest BCUT2D eigenvalue weighted by Gasteiger charge is 2.53. The Kier molecular flexibility index (Phi) is 6.97. The fourth-order valence-electron chi connectivity index (χ4n) is 4.94. The smallest absolute Gasteiger partial charge is 0.286 e. The minimum atomic E-state index is -4.12. The van der Waals surface area contributed by atoms with Crippen LogP contribution in [0, 0.1) is 15.3 Å². The lowest BCUT2D eigenvalue weighted by molar-refractivity contribution is -0.126. The van der Waals surface area contributed by atoms with Crippen LogP contribution >= 0.6 is 22.6 Å². The number of nitrogens with one attached hydrogen (secondary N) is 1. The molecular formula is C25H26FIN2O4S. The Bertz CT molecular complexity index is 1300. The van der Waals surface area contributed by atoms with Crippen molar-refractivity contribution in [2.45, 2.75) is 62.7 Å². The van der Waals surface area contributed by atoms with Gasteiger partial charge in [0.1, 0.15) is 22.5 Å². The molecule has 0 saturated heterocycles. The first-order valence-corrected chi connectivity index (χ1v) is 14.0. The summed E-state index contributed by atoms with van der Waals surface area (Å²) in [4.78, 5) is 27.7. The van der Waals surface area contributed by atoms with Gasteiger partial charge in [-0.2, -0.15) is 8.42 Å². The number of sulfonamides is 1. The molecule has 1 N–H and O–H groups in total. The molecule has 2 aromatic carbocycles. The third-order valence-electron chi connectivity index (χ3n) is 6.65. The molecule has 1 aliphatic heterocycles. The maximum atomic E-state index is 14.3. The van der Waals surface area contributed by atoms with Gasteiger partial charge in [0.25, 0.3) is 10.0 Å². The van der Waals surface area contributed by atoms with E-state index in [-0.39, 0.29) is 27.8 Å². The summed E-state index contributed by atoms with van der Waals surface area (Å²) >= 11 is 2.01. The lowest BCUT2D eigenvalue weighted by atomic mass is 9.60. The zero-order valence-corrected chi connectivity index (χ0v) is 22.0. The first kappa shape index (κ1) is 25.0. The van der Waals surface area contributed by atoms with E-state index >= 15 is 0 Å². The molecule has 0 bridgehead atoms. The van der Waals surface area contributed by atoms with Crippen LogP contribution in [0.3, 0.4) is 0 Å². The van der Waals surface area contributed by atoms with Crippen LogP contribution in [-0.2, 0) is 20.2 Å². The second-order valence-corrected chi connectivity index (χ2v) is 11.7. The molecule has 0 saturated carbocycles. The Morgan fingerprint density at radius 2 is 1.74 bits per heavy atom. The van der Waals surface area contributed by atoms with Gasteiger partial charge < -0.3 is 5.32 Å². The van der Waals surface area contributed by atoms with Crippen molar-refractivity contribution in [2.24, 2.45) is 10.3 Å². The van der Waals surface area contributed by atoms with Gasteiger partial charge in [-0.1, -0.05) is 45.6 Å². The van der Waals surface area contributed by atoms with Crippen LogP contribution in [0.4, 0.5) is 10.1 Å². The van der Waals surface area contributed by atoms with Crippen molar-refractivity contribution in [3.8, 4) is 0 Å². The van der Waals surface area contributed by atoms with Crippen molar-refractivity contribution >= 4 is 55.7 Å². The number of hydrogen-bond acceptors (Lipinski definition) is 5. The topological polar surface area (TPSA) is 92.7 Å². The van der Waals surface area contributed by atoms with Crippen molar-refractivity contribution in [2.75, 3.05) is 5.32 Å². The van der Waals surface area contributed by atoms with Gasteiger partial charge >= 0.3 is 0 Å². The number of carbonyl (C=O) groups is 2. The molecule has 2 aromatic rings. The highest BCUT2D eigenvalue weighted by atomic mass is 127. The third-order valence-corrected chi connectivity index (χ3v) is 8.65. The fourth-order valence-corrected chi connectivity index (χ4v) is 6.83. The summed E-state index contributed by atoms with van der Waals surface area (Å²) in [6, 6.07) is 8.80. The Balaban J connectivity index is 1.91. The summed E-state index contributed by atoms with van der Waals surface area (Å²) in [5.74, 6) is -3.22. The van der Waals surface area contributed by atoms with Crippen LogP contribution in [0.1, 0.15) is 68.3 Å². The third kappa shape index (κ3) is 4.21. The van der Waals surface area contributed by atoms with Crippen LogP contribution in [0.25, 0.3) is 0 Å². The van der Waals surface area contributed by atoms with Crippen molar-refractivity contribution in [1.29, 1.82) is 0 Å². The average Bonchev–Trinajstić information content (AvgIpc) is 2.79. The molecular weight excluding hydrogens is 570 g/mol. The first-order valence-electron chi connectivity index (χ1n) is 11.4. The van der Waals surface area contributed by atoms with Crippen LogP contribution in [0.2, 0.25) is 0 Å². The highest BCUT2D eigenvalue weighted by molar-refractivity contribution is 14.1. The minimum absolute atomic E-state index is 0.00599. The largest absolute Gasteiger partial charge is 0.341 e. The van der Waals surface area contributed by atoms with Gasteiger partial charge in [0, 0.05) is 9.13 Å². The molecule has 2 aliphatic rings. The predicted octanol–water partition coefficient (Wildman–Crippen LogP) is 5.64. The van der Waals surface area contributed by atoms with E-state index in [9.17, 15) is 22.4 Å². The quantitative estimate of drug-likeness (QED) is 0.330. The lowest BCUT2D eigenvalue weighted by Gasteiger charge is -2.41. The summed E-state index contributed by atoms with van der Waals surface area (Å²) in [7, 11) is -4.12. The van der Waals surface area contributed by atoms with Crippen LogP contribution in [-0.4, -0.2) is 25.8 Å². The summed E-state index contributed by atoms with van der Waals surface area (Å²) < 4.78 is 44.8. The van der Waals surface area contributed by atoms with Gasteiger partial charge in [-0.05, 0) is 71.3 Å². The predicted molar refractivity (Wildman–Crippen MR) is 137 cm³/mol. The Hall–Kier alpha value is -2.14. The maximum absolute atomic E-state index is 14.3. The number of unbranched alkanes of at least 4 members (excludes halogenated alkanes) is 2. The molecule has 34 heavy (non-hydrogen) atoms. The van der Waals surface area contributed by atoms with E-state index < -0.39 is 33.0 Å². The minimum Gasteiger partial charge on any atom is -0.341 e. The number of ketones is 2. The molecule has 1 aliphatic carbocycles. The number of hydrogen-bond donors (Lipinski definition) is 1. The summed E-state index contributed by atoms with van der Waals surface area (Å²) in [6.07, 6.45) is 4.17. The standard InChI is InChI=1S/C25H26FIN2O4S/c1-3-5-11-25(12-6-4-2)18-9-7-15(26)13-17(18)22(30)21(23(25)31)24-28-19-10-8-16(27)14-20(19)34(32,33)29-24/h7-10,13-14,21H,3-6,11-12H2,1-2H3,(H,28,29). The van der Waals surface area contributed by atoms with Crippen molar-refractivity contribution < 1.29 is 22.4 Å². The van der Waals surface area contributed by atoms with Gasteiger partial charge in [0.2, 0.25) is 0 Å². The second kappa shape index (κ2) is 9.49. The number of nitrogens with zero attached hydrogens (tertiary/aromatic N) is 1. The number of anilines is 1. The molecule has 0 aromatic heterocycles. The molecule has 1 heterocycles. The monoisotopic (exact) mass is 596 g/mol. The van der Waals surface area contributed by atoms with Crippen molar-refractivity contribution in [1.82, 2.24) is 0 Å². The normalized spacial score (nSPS) is 20.2. The second-order valence-electron chi connectivity index (χ2n) is 8.86. The summed E-state index contributed by atoms with van der Waals surface area (Å²) in [6.45, 7) is 4.04. The molecule has 1 unspecified atom stereocenters. The van der Waals surface area contributed by atoms with E-state index in [1.807, 2.05) is 36.4 Å². The summed E-state index contributed by atoms with van der Waals surface area (Å²) in [5, 5.41) is 2.94. The number of fused-ring (bicyclic) bond motifs is 2. The van der Waals surface area contributed by atoms with Crippen molar-refractivity contribution in [3.63, 3.8) is 0 Å². The van der Waals surface area contributed by atoms with Gasteiger partial charge in [-0.25, -0.2) is 4.39 Å². The van der Waals surface area contributed by atoms with Crippen LogP contribution < -0.4 is 5.32 Å². The van der Waals surface area contributed by atoms with E-state index in [1.165, 1.54) is 12.1 Å². The van der Waals surface area contributed by atoms with E-state index in [1.54, 1.807) is 18.2 Å². The molecule has 6 nitrogen and oxygen atoms in total.